The molecule has 1 fully saturated rings. The lowest BCUT2D eigenvalue weighted by Crippen LogP contribution is -2.46. The molecular formula is C10H22N2O2. The van der Waals surface area contributed by atoms with E-state index in [4.69, 9.17) is 15.2 Å². The van der Waals surface area contributed by atoms with Crippen LogP contribution in [0.15, 0.2) is 0 Å². The Labute approximate surface area is 86.1 Å². The van der Waals surface area contributed by atoms with Gasteiger partial charge in [0, 0.05) is 31.7 Å². The highest BCUT2D eigenvalue weighted by atomic mass is 16.5. The SMILES string of the molecule is COC(C)CNCC1(C)COCC1N. The third kappa shape index (κ3) is 2.92. The zero-order valence-electron chi connectivity index (χ0n) is 9.38. The maximum Gasteiger partial charge on any atom is 0.0667 e. The molecule has 3 atom stereocenters. The van der Waals surface area contributed by atoms with Crippen LogP contribution in [0.3, 0.4) is 0 Å². The van der Waals surface area contributed by atoms with Gasteiger partial charge in [-0.05, 0) is 6.92 Å². The Kier molecular flexibility index (Phi) is 4.31. The van der Waals surface area contributed by atoms with Crippen molar-refractivity contribution < 1.29 is 9.47 Å². The molecule has 0 bridgehead atoms. The fourth-order valence-corrected chi connectivity index (χ4v) is 1.55. The van der Waals surface area contributed by atoms with Gasteiger partial charge in [-0.2, -0.15) is 0 Å². The van der Waals surface area contributed by atoms with Gasteiger partial charge in [-0.3, -0.25) is 0 Å². The highest BCUT2D eigenvalue weighted by molar-refractivity contribution is 4.91. The van der Waals surface area contributed by atoms with E-state index in [0.29, 0.717) is 6.61 Å². The zero-order valence-corrected chi connectivity index (χ0v) is 9.38. The van der Waals surface area contributed by atoms with E-state index in [9.17, 15) is 0 Å². The molecule has 0 saturated carbocycles. The summed E-state index contributed by atoms with van der Waals surface area (Å²) in [5.74, 6) is 0. The maximum absolute atomic E-state index is 5.97. The Morgan fingerprint density at radius 1 is 1.71 bits per heavy atom. The van der Waals surface area contributed by atoms with Gasteiger partial charge in [0.15, 0.2) is 0 Å². The predicted octanol–water partition coefficient (Wildman–Crippen LogP) is -0.0253. The summed E-state index contributed by atoms with van der Waals surface area (Å²) >= 11 is 0. The second-order valence-corrected chi connectivity index (χ2v) is 4.45. The summed E-state index contributed by atoms with van der Waals surface area (Å²) in [6, 6.07) is 0.146. The van der Waals surface area contributed by atoms with Crippen molar-refractivity contribution in [2.75, 3.05) is 33.4 Å². The lowest BCUT2D eigenvalue weighted by Gasteiger charge is -2.27. The Morgan fingerprint density at radius 3 is 2.93 bits per heavy atom. The standard InChI is InChI=1S/C10H22N2O2/c1-8(13-3)4-12-6-10(2)7-14-5-9(10)11/h8-9,12H,4-7,11H2,1-3H3. The Balaban J connectivity index is 2.23. The van der Waals surface area contributed by atoms with Crippen molar-refractivity contribution in [2.24, 2.45) is 11.1 Å². The molecule has 4 nitrogen and oxygen atoms in total. The minimum Gasteiger partial charge on any atom is -0.380 e. The van der Waals surface area contributed by atoms with Gasteiger partial charge >= 0.3 is 0 Å². The number of hydrogen-bond acceptors (Lipinski definition) is 4. The van der Waals surface area contributed by atoms with E-state index in [-0.39, 0.29) is 17.6 Å². The van der Waals surface area contributed by atoms with Gasteiger partial charge in [0.2, 0.25) is 0 Å². The van der Waals surface area contributed by atoms with Gasteiger partial charge in [0.25, 0.3) is 0 Å². The predicted molar refractivity (Wildman–Crippen MR) is 56.2 cm³/mol. The smallest absolute Gasteiger partial charge is 0.0667 e. The molecule has 1 heterocycles. The molecule has 84 valence electrons. The molecule has 0 radical (unpaired) electrons. The van der Waals surface area contributed by atoms with E-state index >= 15 is 0 Å². The van der Waals surface area contributed by atoms with E-state index in [1.807, 2.05) is 6.92 Å². The summed E-state index contributed by atoms with van der Waals surface area (Å²) in [4.78, 5) is 0. The maximum atomic E-state index is 5.97. The highest BCUT2D eigenvalue weighted by Crippen LogP contribution is 2.25. The molecule has 0 aliphatic carbocycles. The van der Waals surface area contributed by atoms with Gasteiger partial charge < -0.3 is 20.5 Å². The van der Waals surface area contributed by atoms with Gasteiger partial charge in [0.05, 0.1) is 19.3 Å². The Hall–Kier alpha value is -0.160. The molecule has 1 aliphatic rings. The van der Waals surface area contributed by atoms with Crippen molar-refractivity contribution in [3.63, 3.8) is 0 Å². The van der Waals surface area contributed by atoms with Crippen LogP contribution in [0.2, 0.25) is 0 Å². The van der Waals surface area contributed by atoms with Crippen LogP contribution in [-0.2, 0) is 9.47 Å². The summed E-state index contributed by atoms with van der Waals surface area (Å²) in [6.07, 6.45) is 0.247. The third-order valence-corrected chi connectivity index (χ3v) is 2.99. The first-order valence-corrected chi connectivity index (χ1v) is 5.15. The number of hydrogen-bond donors (Lipinski definition) is 2. The molecule has 1 rings (SSSR count). The summed E-state index contributed by atoms with van der Waals surface area (Å²) in [6.45, 7) is 7.39. The summed E-state index contributed by atoms with van der Waals surface area (Å²) in [5, 5.41) is 3.36. The fraction of sp³-hybridized carbons (Fsp3) is 1.00. The number of nitrogens with two attached hydrogens (primary N) is 1. The number of ether oxygens (including phenoxy) is 2. The van der Waals surface area contributed by atoms with Crippen LogP contribution >= 0.6 is 0 Å². The molecule has 0 spiro atoms. The van der Waals surface area contributed by atoms with Gasteiger partial charge in [-0.15, -0.1) is 0 Å². The molecular weight excluding hydrogens is 180 g/mol. The van der Waals surface area contributed by atoms with Crippen LogP contribution in [0.25, 0.3) is 0 Å². The normalized spacial score (nSPS) is 34.7. The molecule has 1 aliphatic heterocycles. The lowest BCUT2D eigenvalue weighted by atomic mass is 9.86. The van der Waals surface area contributed by atoms with Crippen molar-refractivity contribution in [1.29, 1.82) is 0 Å². The van der Waals surface area contributed by atoms with E-state index in [0.717, 1.165) is 19.7 Å². The van der Waals surface area contributed by atoms with Crippen LogP contribution in [0.4, 0.5) is 0 Å². The Morgan fingerprint density at radius 2 is 2.43 bits per heavy atom. The first-order valence-electron chi connectivity index (χ1n) is 5.15. The average molecular weight is 202 g/mol. The Bertz CT molecular complexity index is 178. The molecule has 4 heteroatoms. The summed E-state index contributed by atoms with van der Waals surface area (Å²) in [5.41, 5.74) is 6.04. The zero-order chi connectivity index (χ0) is 10.6. The van der Waals surface area contributed by atoms with Crippen LogP contribution in [0, 0.1) is 5.41 Å². The van der Waals surface area contributed by atoms with Gasteiger partial charge in [-0.1, -0.05) is 6.92 Å². The first kappa shape index (κ1) is 11.9. The monoisotopic (exact) mass is 202 g/mol. The fourth-order valence-electron chi connectivity index (χ4n) is 1.55. The van der Waals surface area contributed by atoms with Crippen LogP contribution in [0.5, 0.6) is 0 Å². The van der Waals surface area contributed by atoms with E-state index < -0.39 is 0 Å². The average Bonchev–Trinajstić information content (AvgIpc) is 2.47. The van der Waals surface area contributed by atoms with Crippen molar-refractivity contribution in [3.8, 4) is 0 Å². The van der Waals surface area contributed by atoms with Crippen molar-refractivity contribution in [1.82, 2.24) is 5.32 Å². The molecule has 3 N–H and O–H groups in total. The van der Waals surface area contributed by atoms with Crippen molar-refractivity contribution in [3.05, 3.63) is 0 Å². The van der Waals surface area contributed by atoms with Crippen LogP contribution in [0.1, 0.15) is 13.8 Å². The van der Waals surface area contributed by atoms with E-state index in [2.05, 4.69) is 12.2 Å². The number of rotatable bonds is 5. The first-order chi connectivity index (χ1) is 6.58. The molecule has 0 amide bonds. The van der Waals surface area contributed by atoms with Crippen molar-refractivity contribution in [2.45, 2.75) is 26.0 Å². The van der Waals surface area contributed by atoms with Gasteiger partial charge in [-0.25, -0.2) is 0 Å². The molecule has 3 unspecified atom stereocenters. The van der Waals surface area contributed by atoms with Crippen molar-refractivity contribution >= 4 is 0 Å². The largest absolute Gasteiger partial charge is 0.380 e. The molecule has 0 aromatic rings. The molecule has 0 aromatic carbocycles. The lowest BCUT2D eigenvalue weighted by molar-refractivity contribution is 0.110. The third-order valence-electron chi connectivity index (χ3n) is 2.99. The molecule has 0 aromatic heterocycles. The molecule has 1 saturated heterocycles. The van der Waals surface area contributed by atoms with Gasteiger partial charge in [0.1, 0.15) is 0 Å². The number of methoxy groups -OCH3 is 1. The van der Waals surface area contributed by atoms with E-state index in [1.165, 1.54) is 0 Å². The van der Waals surface area contributed by atoms with E-state index in [1.54, 1.807) is 7.11 Å². The second kappa shape index (κ2) is 5.07. The topological polar surface area (TPSA) is 56.5 Å². The summed E-state index contributed by atoms with van der Waals surface area (Å²) < 4.78 is 10.5. The van der Waals surface area contributed by atoms with Crippen LogP contribution < -0.4 is 11.1 Å². The quantitative estimate of drug-likeness (QED) is 0.657. The highest BCUT2D eigenvalue weighted by Gasteiger charge is 2.37. The number of nitrogens with one attached hydrogen (secondary N) is 1. The second-order valence-electron chi connectivity index (χ2n) is 4.45. The summed E-state index contributed by atoms with van der Waals surface area (Å²) in [7, 11) is 1.72. The van der Waals surface area contributed by atoms with Crippen LogP contribution in [-0.4, -0.2) is 45.6 Å². The molecule has 14 heavy (non-hydrogen) atoms. The minimum atomic E-state index is 0.0768. The minimum absolute atomic E-state index is 0.0768.